The van der Waals surface area contributed by atoms with E-state index in [2.05, 4.69) is 10.6 Å². The van der Waals surface area contributed by atoms with E-state index < -0.39 is 229 Å². The predicted molar refractivity (Wildman–Crippen MR) is 221 cm³/mol. The van der Waals surface area contributed by atoms with Crippen molar-refractivity contribution in [1.82, 2.24) is 10.6 Å². The van der Waals surface area contributed by atoms with Crippen LogP contribution in [0.25, 0.3) is 0 Å². The molecule has 0 unspecified atom stereocenters. The van der Waals surface area contributed by atoms with Crippen molar-refractivity contribution in [3.8, 4) is 0 Å². The summed E-state index contributed by atoms with van der Waals surface area (Å²) in [5.41, 5.74) is 0. The van der Waals surface area contributed by atoms with Crippen molar-refractivity contribution >= 4 is 11.8 Å². The second-order valence-electron chi connectivity index (χ2n) is 18.3. The van der Waals surface area contributed by atoms with Gasteiger partial charge in [0, 0.05) is 13.8 Å². The molecule has 0 aromatic heterocycles. The molecule has 32 nitrogen and oxygen atoms in total. The van der Waals surface area contributed by atoms with Crippen molar-refractivity contribution in [2.24, 2.45) is 0 Å². The molecule has 30 atom stereocenters. The van der Waals surface area contributed by atoms with Crippen molar-refractivity contribution < 1.29 is 149 Å². The lowest BCUT2D eigenvalue weighted by molar-refractivity contribution is -0.384. The maximum atomic E-state index is 13.0. The van der Waals surface area contributed by atoms with Gasteiger partial charge in [0.15, 0.2) is 37.7 Å². The smallest absolute Gasteiger partial charge is 0.217 e. The van der Waals surface area contributed by atoms with Crippen LogP contribution >= 0.6 is 0 Å². The molecule has 6 rings (SSSR count). The van der Waals surface area contributed by atoms with Gasteiger partial charge in [-0.05, 0) is 6.92 Å². The molecule has 32 heteroatoms. The van der Waals surface area contributed by atoms with Crippen molar-refractivity contribution in [2.75, 3.05) is 33.0 Å². The summed E-state index contributed by atoms with van der Waals surface area (Å²) in [6.45, 7) is -1.39. The number of rotatable bonds is 17. The molecular weight excluding hydrogens is 988 g/mol. The van der Waals surface area contributed by atoms with Crippen molar-refractivity contribution in [3.05, 3.63) is 0 Å². The largest absolute Gasteiger partial charge is 0.394 e. The highest BCUT2D eigenvalue weighted by molar-refractivity contribution is 5.73. The molecule has 0 radical (unpaired) electrons. The summed E-state index contributed by atoms with van der Waals surface area (Å²) in [5.74, 6) is -1.63. The molecule has 0 aromatic carbocycles. The van der Waals surface area contributed by atoms with E-state index in [-0.39, 0.29) is 0 Å². The fourth-order valence-corrected chi connectivity index (χ4v) is 9.16. The molecule has 0 spiro atoms. The minimum atomic E-state index is -2.21. The zero-order chi connectivity index (χ0) is 53.2. The average molecular weight is 1060 g/mol. The summed E-state index contributed by atoms with van der Waals surface area (Å²) < 4.78 is 64.0. The highest BCUT2D eigenvalue weighted by Crippen LogP contribution is 2.37. The molecule has 72 heavy (non-hydrogen) atoms. The Labute approximate surface area is 408 Å². The van der Waals surface area contributed by atoms with Gasteiger partial charge in [-0.1, -0.05) is 0 Å². The Morgan fingerprint density at radius 3 is 1.42 bits per heavy atom. The van der Waals surface area contributed by atoms with Gasteiger partial charge in [0.2, 0.25) is 11.8 Å². The van der Waals surface area contributed by atoms with E-state index >= 15 is 0 Å². The zero-order valence-electron chi connectivity index (χ0n) is 38.8. The van der Waals surface area contributed by atoms with Crippen molar-refractivity contribution in [3.63, 3.8) is 0 Å². The van der Waals surface area contributed by atoms with Gasteiger partial charge in [-0.3, -0.25) is 9.59 Å². The Kier molecular flexibility index (Phi) is 20.8. The average Bonchev–Trinajstić information content (AvgIpc) is 3.34. The van der Waals surface area contributed by atoms with Crippen LogP contribution < -0.4 is 10.6 Å². The van der Waals surface area contributed by atoms with Gasteiger partial charge in [-0.15, -0.1) is 0 Å². The van der Waals surface area contributed by atoms with E-state index in [0.717, 1.165) is 13.8 Å². The minimum absolute atomic E-state index is 0.785. The number of ether oxygens (including phenoxy) is 11. The first-order chi connectivity index (χ1) is 34.0. The number of carbonyl (C=O) groups excluding carboxylic acids is 2. The minimum Gasteiger partial charge on any atom is -0.394 e. The molecule has 6 aliphatic rings. The lowest BCUT2D eigenvalue weighted by atomic mass is 9.94. The summed E-state index contributed by atoms with van der Waals surface area (Å²) in [4.78, 5) is 25.2. The van der Waals surface area contributed by atoms with Gasteiger partial charge in [0.25, 0.3) is 0 Å². The van der Waals surface area contributed by atoms with Crippen LogP contribution in [0.5, 0.6) is 0 Å². The summed E-state index contributed by atoms with van der Waals surface area (Å²) in [7, 11) is 0. The first kappa shape index (κ1) is 59.1. The number of carbonyl (C=O) groups is 2. The monoisotopic (exact) mass is 1060 g/mol. The topological polar surface area (TPSA) is 504 Å². The van der Waals surface area contributed by atoms with Gasteiger partial charge >= 0.3 is 0 Å². The summed E-state index contributed by atoms with van der Waals surface area (Å²) in [5, 5.41) is 186. The number of hydrogen-bond acceptors (Lipinski definition) is 30. The van der Waals surface area contributed by atoms with E-state index in [0.29, 0.717) is 0 Å². The number of aliphatic hydroxyl groups excluding tert-OH is 17. The summed E-state index contributed by atoms with van der Waals surface area (Å²) in [6, 6.07) is -3.38. The third-order valence-electron chi connectivity index (χ3n) is 13.2. The Morgan fingerprint density at radius 2 is 0.833 bits per heavy atom. The Bertz CT molecular complexity index is 1730. The van der Waals surface area contributed by atoms with Gasteiger partial charge < -0.3 is 150 Å². The molecule has 19 N–H and O–H groups in total. The van der Waals surface area contributed by atoms with Crippen molar-refractivity contribution in [1.29, 1.82) is 0 Å². The molecule has 6 aliphatic heterocycles. The molecule has 0 aliphatic carbocycles. The number of aliphatic hydroxyl groups is 17. The second-order valence-corrected chi connectivity index (χ2v) is 18.3. The Balaban J connectivity index is 1.35. The van der Waals surface area contributed by atoms with E-state index in [1.807, 2.05) is 0 Å². The Hall–Kier alpha value is -2.18. The van der Waals surface area contributed by atoms with Crippen LogP contribution in [0.4, 0.5) is 0 Å². The highest BCUT2D eigenvalue weighted by atomic mass is 16.8. The lowest BCUT2D eigenvalue weighted by Crippen LogP contribution is -2.70. The normalized spacial score (nSPS) is 50.3. The zero-order valence-corrected chi connectivity index (χ0v) is 38.8. The molecule has 6 saturated heterocycles. The third kappa shape index (κ3) is 12.6. The summed E-state index contributed by atoms with van der Waals surface area (Å²) >= 11 is 0. The fraction of sp³-hybridized carbons (Fsp3) is 0.950. The van der Waals surface area contributed by atoms with Gasteiger partial charge in [-0.2, -0.15) is 0 Å². The fourth-order valence-electron chi connectivity index (χ4n) is 9.16. The Morgan fingerprint density at radius 1 is 0.389 bits per heavy atom. The van der Waals surface area contributed by atoms with Crippen LogP contribution in [0.15, 0.2) is 0 Å². The molecule has 0 bridgehead atoms. The maximum absolute atomic E-state index is 13.0. The van der Waals surface area contributed by atoms with Crippen LogP contribution in [-0.2, 0) is 61.7 Å². The van der Waals surface area contributed by atoms with Gasteiger partial charge in [-0.25, -0.2) is 0 Å². The first-order valence-corrected chi connectivity index (χ1v) is 23.0. The van der Waals surface area contributed by atoms with E-state index in [9.17, 15) is 96.4 Å². The number of amides is 2. The van der Waals surface area contributed by atoms with Gasteiger partial charge in [0.1, 0.15) is 140 Å². The van der Waals surface area contributed by atoms with Crippen molar-refractivity contribution in [2.45, 2.75) is 205 Å². The third-order valence-corrected chi connectivity index (χ3v) is 13.2. The van der Waals surface area contributed by atoms with Crippen LogP contribution in [0, 0.1) is 0 Å². The SMILES string of the molecule is CC(=O)N[C@H]1[C@H](O[C@H]2[C@@H](O)[C@@H](CO[C@@H]3O[C@H](CO)[C@@H](O[C@@H]4O[C@H](CO)[C@H](O)[C@H](O)[C@H]4O)[C@H](O[C@@H]4O[C@@H](C)[C@@H](O)[C@@H](O)[C@@H]4O)[C@H]3NC(C)=O)O[C@@H](O[C@H]3[C@H](O)[C@@H](O)[C@H](O)O[C@@H]3CO)[C@@H]2O)O[C@H](CO)[C@@H](O)[C@@H]1O. The van der Waals surface area contributed by atoms with E-state index in [1.54, 1.807) is 0 Å². The molecule has 0 aromatic rings. The molecule has 0 saturated carbocycles. The molecular formula is C40H68N2O30. The van der Waals surface area contributed by atoms with Crippen LogP contribution in [0.2, 0.25) is 0 Å². The standard InChI is InChI=1S/C40H68N2O30/c1-9-19(49)24(54)28(58)38(63-9)71-33-18(42-11(3)48)36(67-15(7-46)32(33)70-39-29(59)25(55)21(51)13(5-44)66-39)62-8-16-22(52)34(72-37-17(41-10(2)47)23(53)20(50)12(4-43)65-37)30(60)40(68-16)69-31-14(6-45)64-35(61)27(57)26(31)56/h9,12-40,43-46,49-61H,4-8H2,1-3H3,(H,41,47)(H,42,48)/t9-,12+,13+,14+,15+,16+,17+,18+,19+,20+,21-,22-,23+,24+,25-,26+,27+,28-,29+,30+,31+,32+,33+,34-,35+,36+,37-,38-,39-,40-/m0/s1. The van der Waals surface area contributed by atoms with Crippen LogP contribution in [-0.4, -0.2) is 316 Å². The number of nitrogens with one attached hydrogen (secondary N) is 2. The lowest BCUT2D eigenvalue weighted by Gasteiger charge is -2.50. The molecule has 2 amide bonds. The van der Waals surface area contributed by atoms with E-state index in [1.165, 1.54) is 6.92 Å². The predicted octanol–water partition coefficient (Wildman–Crippen LogP) is -12.8. The van der Waals surface area contributed by atoms with E-state index in [4.69, 9.17) is 52.1 Å². The van der Waals surface area contributed by atoms with Crippen LogP contribution in [0.3, 0.4) is 0 Å². The second kappa shape index (κ2) is 25.3. The molecule has 6 fully saturated rings. The van der Waals surface area contributed by atoms with Gasteiger partial charge in [0.05, 0.1) is 39.1 Å². The number of hydrogen-bond donors (Lipinski definition) is 19. The summed E-state index contributed by atoms with van der Waals surface area (Å²) in [6.07, 6.45) is -52.4. The maximum Gasteiger partial charge on any atom is 0.217 e. The molecule has 418 valence electrons. The highest BCUT2D eigenvalue weighted by Gasteiger charge is 2.57. The first-order valence-electron chi connectivity index (χ1n) is 23.0. The molecule has 6 heterocycles. The quantitative estimate of drug-likeness (QED) is 0.0643. The van der Waals surface area contributed by atoms with Crippen LogP contribution in [0.1, 0.15) is 20.8 Å².